The number of ketones is 1. The first-order valence-corrected chi connectivity index (χ1v) is 10.9. The maximum atomic E-state index is 13.3. The van der Waals surface area contributed by atoms with Gasteiger partial charge in [0.15, 0.2) is 12.4 Å². The van der Waals surface area contributed by atoms with Gasteiger partial charge in [0.05, 0.1) is 0 Å². The number of benzene rings is 1. The van der Waals surface area contributed by atoms with E-state index in [1.165, 1.54) is 19.3 Å². The van der Waals surface area contributed by atoms with E-state index in [0.29, 0.717) is 23.3 Å². The average Bonchev–Trinajstić information content (AvgIpc) is 2.69. The number of Topliss-reactive ketones (excluding diaryl/α,β-unsaturated/α-hetero) is 1. The Morgan fingerprint density at radius 3 is 2.07 bits per heavy atom. The molecule has 4 bridgehead atoms. The second-order valence-electron chi connectivity index (χ2n) is 9.79. The fourth-order valence-corrected chi connectivity index (χ4v) is 6.11. The summed E-state index contributed by atoms with van der Waals surface area (Å²) in [6.07, 6.45) is 6.67. The highest BCUT2D eigenvalue weighted by Crippen LogP contribution is 2.60. The van der Waals surface area contributed by atoms with Crippen molar-refractivity contribution in [2.75, 3.05) is 6.61 Å². The summed E-state index contributed by atoms with van der Waals surface area (Å²) in [5.41, 5.74) is 0.209. The lowest BCUT2D eigenvalue weighted by molar-refractivity contribution is -0.154. The molecule has 0 radical (unpaired) electrons. The molecule has 5 rings (SSSR count). The summed E-state index contributed by atoms with van der Waals surface area (Å²) in [6, 6.07) is 8.06. The molecule has 0 saturated heterocycles. The van der Waals surface area contributed by atoms with Crippen molar-refractivity contribution in [3.8, 4) is 0 Å². The summed E-state index contributed by atoms with van der Waals surface area (Å²) in [6.45, 7) is 3.48. The van der Waals surface area contributed by atoms with E-state index in [0.717, 1.165) is 19.3 Å². The summed E-state index contributed by atoms with van der Waals surface area (Å²) in [5, 5.41) is 3.01. The van der Waals surface area contributed by atoms with Gasteiger partial charge in [0.1, 0.15) is 6.04 Å². The van der Waals surface area contributed by atoms with E-state index >= 15 is 0 Å². The normalized spacial score (nSPS) is 30.8. The summed E-state index contributed by atoms with van der Waals surface area (Å²) in [5.74, 6) is 1.14. The molecule has 4 fully saturated rings. The van der Waals surface area contributed by atoms with Gasteiger partial charge in [-0.3, -0.25) is 9.59 Å². The van der Waals surface area contributed by atoms with Crippen LogP contribution in [0.25, 0.3) is 0 Å². The molecule has 1 amide bonds. The van der Waals surface area contributed by atoms with E-state index in [9.17, 15) is 14.4 Å². The highest BCUT2D eigenvalue weighted by Gasteiger charge is 2.55. The van der Waals surface area contributed by atoms with Crippen molar-refractivity contribution in [2.45, 2.75) is 58.4 Å². The van der Waals surface area contributed by atoms with Crippen molar-refractivity contribution < 1.29 is 19.1 Å². The first-order chi connectivity index (χ1) is 13.9. The van der Waals surface area contributed by atoms with Gasteiger partial charge in [-0.2, -0.15) is 0 Å². The Kier molecular flexibility index (Phi) is 5.50. The standard InChI is InChI=1S/C24H31NO4/c1-15(2)21(22(27)29-14-20(26)19-6-4-3-5-7-19)25-23(28)24-11-16-8-17(12-24)10-18(9-16)13-24/h3-7,15-18,21H,8-14H2,1-2H3,(H,25,28)/t16?,17?,18?,21-,24?/m1/s1. The van der Waals surface area contributed by atoms with Crippen LogP contribution in [0.4, 0.5) is 0 Å². The molecule has 0 aliphatic heterocycles. The average molecular weight is 398 g/mol. The van der Waals surface area contributed by atoms with Crippen LogP contribution in [0, 0.1) is 29.1 Å². The quantitative estimate of drug-likeness (QED) is 0.561. The molecule has 1 aromatic carbocycles. The van der Waals surface area contributed by atoms with Gasteiger partial charge < -0.3 is 10.1 Å². The number of hydrogen-bond donors (Lipinski definition) is 1. The molecule has 0 spiro atoms. The lowest BCUT2D eigenvalue weighted by Crippen LogP contribution is -2.57. The van der Waals surface area contributed by atoms with Gasteiger partial charge in [-0.1, -0.05) is 44.2 Å². The van der Waals surface area contributed by atoms with Crippen LogP contribution < -0.4 is 5.32 Å². The predicted octanol–water partition coefficient (Wildman–Crippen LogP) is 3.77. The first kappa shape index (κ1) is 20.1. The number of carbonyl (C=O) groups is 3. The predicted molar refractivity (Wildman–Crippen MR) is 109 cm³/mol. The van der Waals surface area contributed by atoms with Crippen LogP contribution in [0.2, 0.25) is 0 Å². The molecule has 5 heteroatoms. The third kappa shape index (κ3) is 4.10. The topological polar surface area (TPSA) is 72.5 Å². The molecule has 4 saturated carbocycles. The lowest BCUT2D eigenvalue weighted by Gasteiger charge is -2.55. The number of carbonyl (C=O) groups excluding carboxylic acids is 3. The SMILES string of the molecule is CC(C)[C@@H](NC(=O)C12CC3CC(CC(C3)C1)C2)C(=O)OCC(=O)c1ccccc1. The number of esters is 1. The van der Waals surface area contributed by atoms with Crippen molar-refractivity contribution in [1.82, 2.24) is 5.32 Å². The molecule has 5 nitrogen and oxygen atoms in total. The Morgan fingerprint density at radius 2 is 1.55 bits per heavy atom. The lowest BCUT2D eigenvalue weighted by atomic mass is 9.49. The molecular weight excluding hydrogens is 366 g/mol. The Labute approximate surface area is 172 Å². The molecule has 4 aliphatic carbocycles. The molecule has 0 aromatic heterocycles. The molecule has 29 heavy (non-hydrogen) atoms. The molecule has 1 atom stereocenters. The fraction of sp³-hybridized carbons (Fsp3) is 0.625. The minimum Gasteiger partial charge on any atom is -0.456 e. The van der Waals surface area contributed by atoms with Crippen LogP contribution in [0.1, 0.15) is 62.7 Å². The van der Waals surface area contributed by atoms with E-state index in [4.69, 9.17) is 4.74 Å². The highest BCUT2D eigenvalue weighted by molar-refractivity contribution is 5.98. The zero-order chi connectivity index (χ0) is 20.6. The van der Waals surface area contributed by atoms with Crippen LogP contribution in [-0.2, 0) is 14.3 Å². The molecule has 0 heterocycles. The Bertz CT molecular complexity index is 750. The highest BCUT2D eigenvalue weighted by atomic mass is 16.5. The maximum Gasteiger partial charge on any atom is 0.329 e. The summed E-state index contributed by atoms with van der Waals surface area (Å²) < 4.78 is 5.30. The van der Waals surface area contributed by atoms with Crippen molar-refractivity contribution in [3.05, 3.63) is 35.9 Å². The van der Waals surface area contributed by atoms with E-state index < -0.39 is 12.0 Å². The number of nitrogens with one attached hydrogen (secondary N) is 1. The van der Waals surface area contributed by atoms with Gasteiger partial charge in [-0.05, 0) is 62.2 Å². The van der Waals surface area contributed by atoms with Crippen molar-refractivity contribution >= 4 is 17.7 Å². The smallest absolute Gasteiger partial charge is 0.329 e. The van der Waals surface area contributed by atoms with Crippen molar-refractivity contribution in [2.24, 2.45) is 29.1 Å². The molecule has 4 aliphatic rings. The van der Waals surface area contributed by atoms with Crippen molar-refractivity contribution in [1.29, 1.82) is 0 Å². The summed E-state index contributed by atoms with van der Waals surface area (Å²) in [4.78, 5) is 38.2. The Balaban J connectivity index is 1.38. The minimum absolute atomic E-state index is 0.0154. The third-order valence-corrected chi connectivity index (χ3v) is 7.17. The third-order valence-electron chi connectivity index (χ3n) is 7.17. The van der Waals surface area contributed by atoms with Gasteiger partial charge in [0.2, 0.25) is 5.91 Å². The van der Waals surface area contributed by atoms with E-state index in [-0.39, 0.29) is 29.6 Å². The van der Waals surface area contributed by atoms with Crippen LogP contribution >= 0.6 is 0 Å². The number of amides is 1. The Morgan fingerprint density at radius 1 is 1.00 bits per heavy atom. The van der Waals surface area contributed by atoms with Gasteiger partial charge in [0, 0.05) is 11.0 Å². The first-order valence-electron chi connectivity index (χ1n) is 10.9. The number of hydrogen-bond acceptors (Lipinski definition) is 4. The molecule has 1 N–H and O–H groups in total. The van der Waals surface area contributed by atoms with Crippen LogP contribution in [0.3, 0.4) is 0 Å². The van der Waals surface area contributed by atoms with Crippen LogP contribution in [0.15, 0.2) is 30.3 Å². The largest absolute Gasteiger partial charge is 0.456 e. The van der Waals surface area contributed by atoms with Gasteiger partial charge >= 0.3 is 5.97 Å². The second-order valence-corrected chi connectivity index (χ2v) is 9.79. The second kappa shape index (κ2) is 7.92. The van der Waals surface area contributed by atoms with Crippen LogP contribution in [-0.4, -0.2) is 30.3 Å². The van der Waals surface area contributed by atoms with E-state index in [1.807, 2.05) is 19.9 Å². The van der Waals surface area contributed by atoms with Crippen molar-refractivity contribution in [3.63, 3.8) is 0 Å². The Hall–Kier alpha value is -2.17. The maximum absolute atomic E-state index is 13.3. The van der Waals surface area contributed by atoms with Crippen LogP contribution in [0.5, 0.6) is 0 Å². The zero-order valence-corrected chi connectivity index (χ0v) is 17.4. The molecule has 1 aromatic rings. The fourth-order valence-electron chi connectivity index (χ4n) is 6.11. The molecule has 156 valence electrons. The number of ether oxygens (including phenoxy) is 1. The zero-order valence-electron chi connectivity index (χ0n) is 17.4. The molecular formula is C24H31NO4. The van der Waals surface area contributed by atoms with Gasteiger partial charge in [-0.25, -0.2) is 4.79 Å². The number of rotatable bonds is 7. The minimum atomic E-state index is -0.723. The van der Waals surface area contributed by atoms with Gasteiger partial charge in [-0.15, -0.1) is 0 Å². The summed E-state index contributed by atoms with van der Waals surface area (Å²) >= 11 is 0. The van der Waals surface area contributed by atoms with E-state index in [1.54, 1.807) is 24.3 Å². The molecule has 0 unspecified atom stereocenters. The van der Waals surface area contributed by atoms with E-state index in [2.05, 4.69) is 5.32 Å². The summed E-state index contributed by atoms with van der Waals surface area (Å²) in [7, 11) is 0. The monoisotopic (exact) mass is 397 g/mol. The van der Waals surface area contributed by atoms with Gasteiger partial charge in [0.25, 0.3) is 0 Å².